The van der Waals surface area contributed by atoms with E-state index in [1.165, 1.54) is 12.0 Å². The van der Waals surface area contributed by atoms with Gasteiger partial charge in [-0.3, -0.25) is 9.78 Å². The van der Waals surface area contributed by atoms with Gasteiger partial charge >= 0.3 is 5.97 Å². The van der Waals surface area contributed by atoms with Crippen LogP contribution >= 0.6 is 22.9 Å². The minimum atomic E-state index is -0.656. The van der Waals surface area contributed by atoms with Crippen molar-refractivity contribution in [1.82, 2.24) is 9.88 Å². The third-order valence-electron chi connectivity index (χ3n) is 7.25. The summed E-state index contributed by atoms with van der Waals surface area (Å²) in [4.78, 5) is 19.2. The van der Waals surface area contributed by atoms with E-state index < -0.39 is 11.4 Å². The number of hydrogen-bond donors (Lipinski definition) is 1. The van der Waals surface area contributed by atoms with Crippen LogP contribution in [0.25, 0.3) is 10.9 Å². The number of piperidine rings is 1. The first-order chi connectivity index (χ1) is 16.5. The lowest BCUT2D eigenvalue weighted by Crippen LogP contribution is -2.44. The summed E-state index contributed by atoms with van der Waals surface area (Å²) in [6.45, 7) is 2.78. The van der Waals surface area contributed by atoms with Crippen LogP contribution in [0, 0.1) is 5.41 Å². The molecule has 7 heteroatoms. The minimum Gasteiger partial charge on any atom is -0.497 e. The topological polar surface area (TPSA) is 62.7 Å². The molecule has 0 atom stereocenters. The second-order valence-electron chi connectivity index (χ2n) is 9.34. The molecule has 2 aromatic heterocycles. The molecule has 1 aromatic carbocycles. The van der Waals surface area contributed by atoms with Gasteiger partial charge in [-0.15, -0.1) is 0 Å². The number of thiophene rings is 1. The number of ether oxygens (including phenoxy) is 1. The van der Waals surface area contributed by atoms with E-state index in [2.05, 4.69) is 26.7 Å². The normalized spacial score (nSPS) is 16.1. The number of carboxylic acid groups (broad SMARTS) is 1. The first-order valence-corrected chi connectivity index (χ1v) is 13.4. The van der Waals surface area contributed by atoms with Gasteiger partial charge in [0.25, 0.3) is 0 Å². The molecule has 0 amide bonds. The van der Waals surface area contributed by atoms with E-state index in [-0.39, 0.29) is 0 Å². The fourth-order valence-electron chi connectivity index (χ4n) is 5.06. The molecule has 1 N–H and O–H groups in total. The number of carboxylic acids is 1. The third kappa shape index (κ3) is 5.91. The maximum atomic E-state index is 12.3. The molecular weight excluding hydrogens is 468 g/mol. The van der Waals surface area contributed by atoms with Crippen LogP contribution in [0.3, 0.4) is 0 Å². The number of aryl methyl sites for hydroxylation is 2. The Morgan fingerprint density at radius 1 is 1.21 bits per heavy atom. The van der Waals surface area contributed by atoms with Crippen LogP contribution in [-0.2, 0) is 17.6 Å². The number of carbonyl (C=O) groups is 1. The van der Waals surface area contributed by atoms with Crippen LogP contribution in [0.2, 0.25) is 5.02 Å². The maximum absolute atomic E-state index is 12.3. The number of pyridine rings is 1. The zero-order valence-corrected chi connectivity index (χ0v) is 21.3. The van der Waals surface area contributed by atoms with E-state index >= 15 is 0 Å². The zero-order valence-electron chi connectivity index (χ0n) is 19.8. The molecule has 0 radical (unpaired) electrons. The number of benzene rings is 1. The molecule has 0 unspecified atom stereocenters. The molecule has 3 heterocycles. The SMILES string of the molecule is COc1ccc2ncc(Cl)c(CCCC3(C(=O)O)CCN(CCCCc4ccsc4)CC3)c2c1. The predicted molar refractivity (Wildman–Crippen MR) is 139 cm³/mol. The lowest BCUT2D eigenvalue weighted by atomic mass is 9.74. The van der Waals surface area contributed by atoms with Crippen molar-refractivity contribution < 1.29 is 14.6 Å². The summed E-state index contributed by atoms with van der Waals surface area (Å²) in [5, 5.41) is 16.1. The van der Waals surface area contributed by atoms with Crippen LogP contribution in [0.5, 0.6) is 5.75 Å². The maximum Gasteiger partial charge on any atom is 0.309 e. The number of aliphatic carboxylic acids is 1. The second kappa shape index (κ2) is 11.5. The molecule has 0 saturated carbocycles. The molecule has 182 valence electrons. The van der Waals surface area contributed by atoms with E-state index in [4.69, 9.17) is 16.3 Å². The van der Waals surface area contributed by atoms with E-state index in [9.17, 15) is 9.90 Å². The minimum absolute atomic E-state index is 0.627. The molecule has 5 nitrogen and oxygen atoms in total. The van der Waals surface area contributed by atoms with Crippen LogP contribution in [0.15, 0.2) is 41.2 Å². The fourth-order valence-corrected chi connectivity index (χ4v) is 6.01. The molecular formula is C27H33ClN2O3S. The van der Waals surface area contributed by atoms with E-state index in [0.29, 0.717) is 24.3 Å². The summed E-state index contributed by atoms with van der Waals surface area (Å²) in [5.41, 5.74) is 2.68. The van der Waals surface area contributed by atoms with Crippen molar-refractivity contribution in [3.8, 4) is 5.75 Å². The summed E-state index contributed by atoms with van der Waals surface area (Å²) < 4.78 is 5.38. The highest BCUT2D eigenvalue weighted by Crippen LogP contribution is 2.38. The molecule has 0 aliphatic carbocycles. The monoisotopic (exact) mass is 500 g/mol. The van der Waals surface area contributed by atoms with Crippen molar-refractivity contribution in [1.29, 1.82) is 0 Å². The number of halogens is 1. The molecule has 1 aliphatic rings. The molecule has 4 rings (SSSR count). The van der Waals surface area contributed by atoms with Gasteiger partial charge in [0.15, 0.2) is 0 Å². The standard InChI is InChI=1S/C27H33ClN2O3S/c1-33-21-7-8-25-23(17-21)22(24(28)18-29-25)6-4-10-27(26(31)32)11-14-30(15-12-27)13-3-2-5-20-9-16-34-19-20/h7-9,16-19H,2-6,10-15H2,1H3,(H,31,32). The number of methoxy groups -OCH3 is 1. The summed E-state index contributed by atoms with van der Waals surface area (Å²) in [6.07, 6.45) is 8.77. The van der Waals surface area contributed by atoms with Gasteiger partial charge in [-0.25, -0.2) is 0 Å². The molecule has 1 fully saturated rings. The Hall–Kier alpha value is -2.15. The van der Waals surface area contributed by atoms with Crippen LogP contribution < -0.4 is 4.74 Å². The Balaban J connectivity index is 1.31. The average Bonchev–Trinajstić information content (AvgIpc) is 3.37. The molecule has 0 bridgehead atoms. The molecule has 1 saturated heterocycles. The van der Waals surface area contributed by atoms with Crippen LogP contribution in [0.1, 0.15) is 49.7 Å². The predicted octanol–water partition coefficient (Wildman–Crippen LogP) is 6.47. The van der Waals surface area contributed by atoms with Gasteiger partial charge in [-0.05, 0) is 117 Å². The molecule has 34 heavy (non-hydrogen) atoms. The fraction of sp³-hybridized carbons (Fsp3) is 0.481. The van der Waals surface area contributed by atoms with E-state index in [0.717, 1.165) is 67.5 Å². The van der Waals surface area contributed by atoms with Gasteiger partial charge in [-0.1, -0.05) is 11.6 Å². The summed E-state index contributed by atoms with van der Waals surface area (Å²) in [7, 11) is 1.64. The number of aromatic nitrogens is 1. The van der Waals surface area contributed by atoms with Crippen molar-refractivity contribution in [2.45, 2.75) is 51.4 Å². The number of rotatable bonds is 11. The third-order valence-corrected chi connectivity index (χ3v) is 8.31. The Morgan fingerprint density at radius 2 is 2.03 bits per heavy atom. The van der Waals surface area contributed by atoms with Crippen molar-refractivity contribution in [2.75, 3.05) is 26.7 Å². The smallest absolute Gasteiger partial charge is 0.309 e. The molecule has 3 aromatic rings. The number of nitrogens with zero attached hydrogens (tertiary/aromatic N) is 2. The lowest BCUT2D eigenvalue weighted by molar-refractivity contribution is -0.152. The van der Waals surface area contributed by atoms with E-state index in [1.807, 2.05) is 18.2 Å². The van der Waals surface area contributed by atoms with Gasteiger partial charge in [-0.2, -0.15) is 11.3 Å². The second-order valence-corrected chi connectivity index (χ2v) is 10.5. The number of fused-ring (bicyclic) bond motifs is 1. The quantitative estimate of drug-likeness (QED) is 0.306. The highest BCUT2D eigenvalue weighted by atomic mass is 35.5. The first kappa shape index (κ1) is 25.0. The van der Waals surface area contributed by atoms with Gasteiger partial charge in [0.05, 0.1) is 23.1 Å². The van der Waals surface area contributed by atoms with Gasteiger partial charge < -0.3 is 14.7 Å². The Bertz CT molecular complexity index is 1090. The lowest BCUT2D eigenvalue weighted by Gasteiger charge is -2.39. The van der Waals surface area contributed by atoms with Crippen LogP contribution in [-0.4, -0.2) is 47.7 Å². The summed E-state index contributed by atoms with van der Waals surface area (Å²) >= 11 is 8.26. The highest BCUT2D eigenvalue weighted by Gasteiger charge is 2.40. The van der Waals surface area contributed by atoms with Crippen LogP contribution in [0.4, 0.5) is 0 Å². The van der Waals surface area contributed by atoms with Gasteiger partial charge in [0.2, 0.25) is 0 Å². The van der Waals surface area contributed by atoms with Gasteiger partial charge in [0, 0.05) is 11.6 Å². The first-order valence-electron chi connectivity index (χ1n) is 12.1. The highest BCUT2D eigenvalue weighted by molar-refractivity contribution is 7.07. The summed E-state index contributed by atoms with van der Waals surface area (Å²) in [6, 6.07) is 7.99. The molecule has 1 aliphatic heterocycles. The average molecular weight is 501 g/mol. The number of likely N-dealkylation sites (tertiary alicyclic amines) is 1. The largest absolute Gasteiger partial charge is 0.497 e. The Labute approximate surface area is 210 Å². The van der Waals surface area contributed by atoms with Crippen molar-refractivity contribution in [3.05, 3.63) is 57.4 Å². The van der Waals surface area contributed by atoms with Crippen molar-refractivity contribution >= 4 is 39.8 Å². The summed E-state index contributed by atoms with van der Waals surface area (Å²) in [5.74, 6) is 0.111. The Morgan fingerprint density at radius 3 is 2.74 bits per heavy atom. The van der Waals surface area contributed by atoms with E-state index in [1.54, 1.807) is 24.6 Å². The van der Waals surface area contributed by atoms with Crippen molar-refractivity contribution in [3.63, 3.8) is 0 Å². The zero-order chi connectivity index (χ0) is 24.0. The van der Waals surface area contributed by atoms with Crippen molar-refractivity contribution in [2.24, 2.45) is 5.41 Å². The van der Waals surface area contributed by atoms with Gasteiger partial charge in [0.1, 0.15) is 5.75 Å². The Kier molecular flexibility index (Phi) is 8.46. The molecule has 0 spiro atoms. The number of unbranched alkanes of at least 4 members (excludes halogenated alkanes) is 1. The number of hydrogen-bond acceptors (Lipinski definition) is 5.